The topological polar surface area (TPSA) is 55.1 Å². The highest BCUT2D eigenvalue weighted by Gasteiger charge is 2.07. The van der Waals surface area contributed by atoms with E-state index < -0.39 is 0 Å². The summed E-state index contributed by atoms with van der Waals surface area (Å²) in [5, 5.41) is 3.08. The Balaban J connectivity index is 1.92. The first-order chi connectivity index (χ1) is 9.26. The van der Waals surface area contributed by atoms with E-state index in [1.54, 1.807) is 12.1 Å². The lowest BCUT2D eigenvalue weighted by molar-refractivity contribution is 0.112. The van der Waals surface area contributed by atoms with Crippen molar-refractivity contribution in [2.24, 2.45) is 0 Å². The van der Waals surface area contributed by atoms with E-state index in [2.05, 4.69) is 10.3 Å². The van der Waals surface area contributed by atoms with E-state index in [9.17, 15) is 4.79 Å². The SMILES string of the molecule is Cc1cccc2oc(Nc3ccc(C=O)cc3)nc12. The molecular formula is C15H12N2O2. The molecule has 0 bridgehead atoms. The summed E-state index contributed by atoms with van der Waals surface area (Å²) >= 11 is 0. The van der Waals surface area contributed by atoms with Crippen molar-refractivity contribution in [3.8, 4) is 0 Å². The van der Waals surface area contributed by atoms with E-state index in [0.717, 1.165) is 28.6 Å². The van der Waals surface area contributed by atoms with Gasteiger partial charge in [-0.15, -0.1) is 0 Å². The number of anilines is 2. The summed E-state index contributed by atoms with van der Waals surface area (Å²) in [7, 11) is 0. The van der Waals surface area contributed by atoms with E-state index in [1.165, 1.54) is 0 Å². The Hall–Kier alpha value is -2.62. The molecule has 0 aliphatic carbocycles. The molecule has 0 fully saturated rings. The van der Waals surface area contributed by atoms with E-state index in [4.69, 9.17) is 4.42 Å². The van der Waals surface area contributed by atoms with Crippen LogP contribution in [0.1, 0.15) is 15.9 Å². The smallest absolute Gasteiger partial charge is 0.300 e. The summed E-state index contributed by atoms with van der Waals surface area (Å²) in [5.74, 6) is 0. The molecule has 0 aliphatic heterocycles. The molecule has 4 heteroatoms. The number of oxazole rings is 1. The molecule has 1 aromatic heterocycles. The lowest BCUT2D eigenvalue weighted by atomic mass is 10.2. The van der Waals surface area contributed by atoms with Crippen LogP contribution in [0.4, 0.5) is 11.7 Å². The van der Waals surface area contributed by atoms with Gasteiger partial charge in [0.15, 0.2) is 5.58 Å². The summed E-state index contributed by atoms with van der Waals surface area (Å²) in [6.07, 6.45) is 0.812. The van der Waals surface area contributed by atoms with Crippen LogP contribution in [0.3, 0.4) is 0 Å². The highest BCUT2D eigenvalue weighted by Crippen LogP contribution is 2.24. The number of carbonyl (C=O) groups is 1. The van der Waals surface area contributed by atoms with Gasteiger partial charge >= 0.3 is 0 Å². The van der Waals surface area contributed by atoms with Gasteiger partial charge in [0.25, 0.3) is 6.01 Å². The first kappa shape index (κ1) is 11.5. The second-order valence-corrected chi connectivity index (χ2v) is 4.31. The summed E-state index contributed by atoms with van der Waals surface area (Å²) < 4.78 is 5.62. The molecule has 3 rings (SSSR count). The predicted octanol–water partition coefficient (Wildman–Crippen LogP) is 3.69. The number of aryl methyl sites for hydroxylation is 1. The molecule has 0 saturated heterocycles. The fourth-order valence-electron chi connectivity index (χ4n) is 1.91. The van der Waals surface area contributed by atoms with Crippen molar-refractivity contribution in [2.75, 3.05) is 5.32 Å². The van der Waals surface area contributed by atoms with Gasteiger partial charge in [0, 0.05) is 11.3 Å². The third-order valence-corrected chi connectivity index (χ3v) is 2.92. The molecule has 94 valence electrons. The molecule has 0 unspecified atom stereocenters. The van der Waals surface area contributed by atoms with E-state index in [1.807, 2.05) is 37.3 Å². The van der Waals surface area contributed by atoms with Crippen LogP contribution >= 0.6 is 0 Å². The van der Waals surface area contributed by atoms with Crippen LogP contribution in [0.2, 0.25) is 0 Å². The Bertz CT molecular complexity index is 729. The van der Waals surface area contributed by atoms with E-state index in [0.29, 0.717) is 11.6 Å². The largest absolute Gasteiger partial charge is 0.423 e. The molecule has 1 heterocycles. The number of carbonyl (C=O) groups excluding carboxylic acids is 1. The van der Waals surface area contributed by atoms with Crippen LogP contribution in [0.5, 0.6) is 0 Å². The number of para-hydroxylation sites is 1. The van der Waals surface area contributed by atoms with Gasteiger partial charge in [0.2, 0.25) is 0 Å². The highest BCUT2D eigenvalue weighted by molar-refractivity contribution is 5.79. The van der Waals surface area contributed by atoms with Gasteiger partial charge in [-0.1, -0.05) is 12.1 Å². The molecule has 0 spiro atoms. The average Bonchev–Trinajstić information content (AvgIpc) is 2.84. The lowest BCUT2D eigenvalue weighted by Gasteiger charge is -2.00. The molecule has 19 heavy (non-hydrogen) atoms. The van der Waals surface area contributed by atoms with E-state index >= 15 is 0 Å². The molecule has 1 N–H and O–H groups in total. The molecule has 0 atom stereocenters. The third-order valence-electron chi connectivity index (χ3n) is 2.92. The first-order valence-corrected chi connectivity index (χ1v) is 5.95. The Kier molecular flexibility index (Phi) is 2.76. The van der Waals surface area contributed by atoms with Crippen molar-refractivity contribution in [2.45, 2.75) is 6.92 Å². The van der Waals surface area contributed by atoms with E-state index in [-0.39, 0.29) is 0 Å². The minimum absolute atomic E-state index is 0.447. The minimum atomic E-state index is 0.447. The second kappa shape index (κ2) is 4.57. The molecule has 0 amide bonds. The fourth-order valence-corrected chi connectivity index (χ4v) is 1.91. The van der Waals surface area contributed by atoms with Crippen molar-refractivity contribution in [1.29, 1.82) is 0 Å². The molecule has 2 aromatic carbocycles. The van der Waals surface area contributed by atoms with Crippen molar-refractivity contribution in [3.63, 3.8) is 0 Å². The second-order valence-electron chi connectivity index (χ2n) is 4.31. The fraction of sp³-hybridized carbons (Fsp3) is 0.0667. The number of aldehydes is 1. The Morgan fingerprint density at radius 1 is 1.16 bits per heavy atom. The number of fused-ring (bicyclic) bond motifs is 1. The van der Waals surface area contributed by atoms with Gasteiger partial charge in [-0.05, 0) is 42.8 Å². The Morgan fingerprint density at radius 2 is 1.95 bits per heavy atom. The maximum Gasteiger partial charge on any atom is 0.300 e. The van der Waals surface area contributed by atoms with Gasteiger partial charge in [0.05, 0.1) is 0 Å². The predicted molar refractivity (Wildman–Crippen MR) is 73.9 cm³/mol. The lowest BCUT2D eigenvalue weighted by Crippen LogP contribution is -1.90. The maximum atomic E-state index is 10.6. The first-order valence-electron chi connectivity index (χ1n) is 5.95. The van der Waals surface area contributed by atoms with Gasteiger partial charge in [-0.3, -0.25) is 4.79 Å². The summed E-state index contributed by atoms with van der Waals surface area (Å²) in [4.78, 5) is 15.0. The molecule has 4 nitrogen and oxygen atoms in total. The number of hydrogen-bond donors (Lipinski definition) is 1. The number of nitrogens with one attached hydrogen (secondary N) is 1. The van der Waals surface area contributed by atoms with Crippen LogP contribution in [-0.2, 0) is 0 Å². The number of aromatic nitrogens is 1. The van der Waals surface area contributed by atoms with Gasteiger partial charge < -0.3 is 9.73 Å². The molecule has 0 saturated carbocycles. The minimum Gasteiger partial charge on any atom is -0.423 e. The highest BCUT2D eigenvalue weighted by atomic mass is 16.4. The number of hydrogen-bond acceptors (Lipinski definition) is 4. The molecular weight excluding hydrogens is 240 g/mol. The quantitative estimate of drug-likeness (QED) is 0.722. The molecule has 3 aromatic rings. The normalized spacial score (nSPS) is 10.6. The Labute approximate surface area is 110 Å². The summed E-state index contributed by atoms with van der Waals surface area (Å²) in [6, 6.07) is 13.4. The summed E-state index contributed by atoms with van der Waals surface area (Å²) in [6.45, 7) is 1.99. The van der Waals surface area contributed by atoms with Crippen LogP contribution in [0, 0.1) is 6.92 Å². The zero-order valence-electron chi connectivity index (χ0n) is 10.4. The average molecular weight is 252 g/mol. The maximum absolute atomic E-state index is 10.6. The molecule has 0 aliphatic rings. The number of benzene rings is 2. The Morgan fingerprint density at radius 3 is 2.63 bits per heavy atom. The van der Waals surface area contributed by atoms with Crippen molar-refractivity contribution < 1.29 is 9.21 Å². The van der Waals surface area contributed by atoms with Crippen LogP contribution in [-0.4, -0.2) is 11.3 Å². The van der Waals surface area contributed by atoms with Crippen molar-refractivity contribution in [1.82, 2.24) is 4.98 Å². The van der Waals surface area contributed by atoms with Crippen LogP contribution in [0.15, 0.2) is 46.9 Å². The monoisotopic (exact) mass is 252 g/mol. The van der Waals surface area contributed by atoms with Gasteiger partial charge in [-0.2, -0.15) is 4.98 Å². The standard InChI is InChI=1S/C15H12N2O2/c1-10-3-2-4-13-14(10)17-15(19-13)16-12-7-5-11(9-18)6-8-12/h2-9H,1H3,(H,16,17). The summed E-state index contributed by atoms with van der Waals surface area (Å²) in [5.41, 5.74) is 4.15. The van der Waals surface area contributed by atoms with Gasteiger partial charge in [-0.25, -0.2) is 0 Å². The van der Waals surface area contributed by atoms with Crippen molar-refractivity contribution in [3.05, 3.63) is 53.6 Å². The van der Waals surface area contributed by atoms with Gasteiger partial charge in [0.1, 0.15) is 11.8 Å². The number of nitrogens with zero attached hydrogens (tertiary/aromatic N) is 1. The van der Waals surface area contributed by atoms with Crippen molar-refractivity contribution >= 4 is 29.1 Å². The number of rotatable bonds is 3. The van der Waals surface area contributed by atoms with Crippen LogP contribution in [0.25, 0.3) is 11.1 Å². The zero-order valence-corrected chi connectivity index (χ0v) is 10.4. The molecule has 0 radical (unpaired) electrons. The third kappa shape index (κ3) is 2.20. The zero-order chi connectivity index (χ0) is 13.2. The van der Waals surface area contributed by atoms with Crippen LogP contribution < -0.4 is 5.32 Å².